The van der Waals surface area contributed by atoms with E-state index in [0.717, 1.165) is 38.4 Å². The van der Waals surface area contributed by atoms with Gasteiger partial charge in [0.1, 0.15) is 0 Å². The summed E-state index contributed by atoms with van der Waals surface area (Å²) in [5.74, 6) is 1.38. The molecule has 0 bridgehead atoms. The van der Waals surface area contributed by atoms with Gasteiger partial charge in [0.05, 0.1) is 6.04 Å². The van der Waals surface area contributed by atoms with Crippen LogP contribution in [-0.4, -0.2) is 53.9 Å². The molecular formula is C22H28N2OS. The van der Waals surface area contributed by atoms with Crippen LogP contribution in [0.5, 0.6) is 0 Å². The molecule has 0 atom stereocenters. The quantitative estimate of drug-likeness (QED) is 0.689. The predicted molar refractivity (Wildman–Crippen MR) is 110 cm³/mol. The Morgan fingerprint density at radius 1 is 0.923 bits per heavy atom. The molecule has 2 aromatic rings. The summed E-state index contributed by atoms with van der Waals surface area (Å²) in [6.45, 7) is 3.49. The molecule has 1 saturated heterocycles. The maximum atomic E-state index is 12.4. The van der Waals surface area contributed by atoms with Gasteiger partial charge in [0, 0.05) is 32.6 Å². The molecule has 2 aromatic carbocycles. The third kappa shape index (κ3) is 4.89. The molecule has 0 aromatic heterocycles. The largest absolute Gasteiger partial charge is 0.340 e. The monoisotopic (exact) mass is 368 g/mol. The van der Waals surface area contributed by atoms with Crippen molar-refractivity contribution in [3.63, 3.8) is 0 Å². The van der Waals surface area contributed by atoms with Gasteiger partial charge in [-0.2, -0.15) is 11.8 Å². The van der Waals surface area contributed by atoms with Crippen LogP contribution in [0.1, 0.15) is 30.0 Å². The number of carbonyl (C=O) groups excluding carboxylic acids is 1. The SMILES string of the molecule is CSCCCC(=O)N1CCN(C(c2ccccc2)c2ccccc2)CC1. The highest BCUT2D eigenvalue weighted by molar-refractivity contribution is 7.98. The van der Waals surface area contributed by atoms with Gasteiger partial charge in [-0.3, -0.25) is 9.69 Å². The smallest absolute Gasteiger partial charge is 0.222 e. The van der Waals surface area contributed by atoms with Crippen LogP contribution in [0.25, 0.3) is 0 Å². The third-order valence-electron chi connectivity index (χ3n) is 5.00. The van der Waals surface area contributed by atoms with Crippen molar-refractivity contribution in [3.8, 4) is 0 Å². The van der Waals surface area contributed by atoms with E-state index in [-0.39, 0.29) is 6.04 Å². The Bertz CT molecular complexity index is 630. The molecule has 0 unspecified atom stereocenters. The first-order chi connectivity index (χ1) is 12.8. The molecule has 1 aliphatic heterocycles. The summed E-state index contributed by atoms with van der Waals surface area (Å²) in [5.41, 5.74) is 2.64. The Labute approximate surface area is 161 Å². The standard InChI is InChI=1S/C22H28N2OS/c1-26-18-8-13-21(25)23-14-16-24(17-15-23)22(19-9-4-2-5-10-19)20-11-6-3-7-12-20/h2-7,9-12,22H,8,13-18H2,1H3. The van der Waals surface area contributed by atoms with Gasteiger partial charge < -0.3 is 4.90 Å². The van der Waals surface area contributed by atoms with Crippen LogP contribution in [0.2, 0.25) is 0 Å². The Morgan fingerprint density at radius 3 is 1.96 bits per heavy atom. The fourth-order valence-corrected chi connectivity index (χ4v) is 4.07. The van der Waals surface area contributed by atoms with Crippen molar-refractivity contribution in [1.29, 1.82) is 0 Å². The van der Waals surface area contributed by atoms with Gasteiger partial charge in [-0.15, -0.1) is 0 Å². The molecule has 1 heterocycles. The average Bonchev–Trinajstić information content (AvgIpc) is 2.70. The zero-order valence-corrected chi connectivity index (χ0v) is 16.3. The molecule has 4 heteroatoms. The molecule has 0 saturated carbocycles. The van der Waals surface area contributed by atoms with E-state index in [1.807, 2.05) is 16.7 Å². The van der Waals surface area contributed by atoms with Gasteiger partial charge in [-0.25, -0.2) is 0 Å². The van der Waals surface area contributed by atoms with Crippen LogP contribution in [0, 0.1) is 0 Å². The number of rotatable bonds is 7. The van der Waals surface area contributed by atoms with E-state index in [1.54, 1.807) is 0 Å². The minimum absolute atomic E-state index is 0.256. The maximum absolute atomic E-state index is 12.4. The molecule has 0 radical (unpaired) electrons. The first kappa shape index (κ1) is 19.0. The zero-order valence-electron chi connectivity index (χ0n) is 15.5. The van der Waals surface area contributed by atoms with E-state index in [2.05, 4.69) is 71.8 Å². The summed E-state index contributed by atoms with van der Waals surface area (Å²) in [4.78, 5) is 16.9. The lowest BCUT2D eigenvalue weighted by Gasteiger charge is -2.40. The number of thioether (sulfide) groups is 1. The molecule has 1 fully saturated rings. The normalized spacial score (nSPS) is 15.4. The summed E-state index contributed by atoms with van der Waals surface area (Å²) in [6, 6.07) is 21.6. The van der Waals surface area contributed by atoms with Crippen molar-refractivity contribution in [2.24, 2.45) is 0 Å². The molecule has 0 aliphatic carbocycles. The summed E-state index contributed by atoms with van der Waals surface area (Å²) >= 11 is 1.81. The second-order valence-electron chi connectivity index (χ2n) is 6.74. The van der Waals surface area contributed by atoms with E-state index in [1.165, 1.54) is 11.1 Å². The van der Waals surface area contributed by atoms with Gasteiger partial charge in [-0.1, -0.05) is 60.7 Å². The van der Waals surface area contributed by atoms with Crippen LogP contribution in [0.4, 0.5) is 0 Å². The highest BCUT2D eigenvalue weighted by Crippen LogP contribution is 2.29. The van der Waals surface area contributed by atoms with Gasteiger partial charge in [0.15, 0.2) is 0 Å². The lowest BCUT2D eigenvalue weighted by Crippen LogP contribution is -2.49. The molecule has 3 rings (SSSR count). The first-order valence-corrected chi connectivity index (χ1v) is 10.8. The van der Waals surface area contributed by atoms with E-state index in [4.69, 9.17) is 0 Å². The lowest BCUT2D eigenvalue weighted by molar-refractivity contribution is -0.133. The summed E-state index contributed by atoms with van der Waals surface area (Å²) in [7, 11) is 0. The molecule has 3 nitrogen and oxygen atoms in total. The third-order valence-corrected chi connectivity index (χ3v) is 5.70. The molecule has 1 aliphatic rings. The number of amides is 1. The second kappa shape index (κ2) is 9.79. The number of hydrogen-bond acceptors (Lipinski definition) is 3. The Morgan fingerprint density at radius 2 is 1.46 bits per heavy atom. The Kier molecular flexibility index (Phi) is 7.15. The summed E-state index contributed by atoms with van der Waals surface area (Å²) in [5, 5.41) is 0. The molecule has 0 spiro atoms. The number of piperazine rings is 1. The summed E-state index contributed by atoms with van der Waals surface area (Å²) < 4.78 is 0. The first-order valence-electron chi connectivity index (χ1n) is 9.40. The lowest BCUT2D eigenvalue weighted by atomic mass is 9.96. The van der Waals surface area contributed by atoms with Gasteiger partial charge in [0.25, 0.3) is 0 Å². The van der Waals surface area contributed by atoms with Crippen molar-refractivity contribution in [2.75, 3.05) is 38.2 Å². The number of nitrogens with zero attached hydrogens (tertiary/aromatic N) is 2. The topological polar surface area (TPSA) is 23.6 Å². The van der Waals surface area contributed by atoms with Crippen molar-refractivity contribution in [3.05, 3.63) is 71.8 Å². The molecular weight excluding hydrogens is 340 g/mol. The predicted octanol–water partition coefficient (Wildman–Crippen LogP) is 4.06. The van der Waals surface area contributed by atoms with Crippen molar-refractivity contribution >= 4 is 17.7 Å². The van der Waals surface area contributed by atoms with E-state index >= 15 is 0 Å². The molecule has 1 amide bonds. The van der Waals surface area contributed by atoms with Gasteiger partial charge in [0.2, 0.25) is 5.91 Å². The molecule has 26 heavy (non-hydrogen) atoms. The summed E-state index contributed by atoms with van der Waals surface area (Å²) in [6.07, 6.45) is 3.76. The van der Waals surface area contributed by atoms with Crippen LogP contribution < -0.4 is 0 Å². The highest BCUT2D eigenvalue weighted by Gasteiger charge is 2.27. The van der Waals surface area contributed by atoms with E-state index in [0.29, 0.717) is 12.3 Å². The number of benzene rings is 2. The number of carbonyl (C=O) groups is 1. The van der Waals surface area contributed by atoms with Gasteiger partial charge in [-0.05, 0) is 29.6 Å². The van der Waals surface area contributed by atoms with Crippen LogP contribution in [0.3, 0.4) is 0 Å². The fourth-order valence-electron chi connectivity index (χ4n) is 3.64. The Hall–Kier alpha value is -1.78. The minimum atomic E-state index is 0.256. The zero-order chi connectivity index (χ0) is 18.2. The van der Waals surface area contributed by atoms with Crippen molar-refractivity contribution in [2.45, 2.75) is 18.9 Å². The minimum Gasteiger partial charge on any atom is -0.340 e. The van der Waals surface area contributed by atoms with E-state index in [9.17, 15) is 4.79 Å². The molecule has 0 N–H and O–H groups in total. The van der Waals surface area contributed by atoms with Crippen LogP contribution >= 0.6 is 11.8 Å². The van der Waals surface area contributed by atoms with Crippen molar-refractivity contribution in [1.82, 2.24) is 9.80 Å². The maximum Gasteiger partial charge on any atom is 0.222 e. The number of hydrogen-bond donors (Lipinski definition) is 0. The average molecular weight is 369 g/mol. The fraction of sp³-hybridized carbons (Fsp3) is 0.409. The Balaban J connectivity index is 1.67. The highest BCUT2D eigenvalue weighted by atomic mass is 32.2. The second-order valence-corrected chi connectivity index (χ2v) is 7.72. The van der Waals surface area contributed by atoms with Crippen molar-refractivity contribution < 1.29 is 4.79 Å². The van der Waals surface area contributed by atoms with Crippen LogP contribution in [-0.2, 0) is 4.79 Å². The van der Waals surface area contributed by atoms with Gasteiger partial charge >= 0.3 is 0 Å². The molecule has 138 valence electrons. The van der Waals surface area contributed by atoms with Crippen LogP contribution in [0.15, 0.2) is 60.7 Å². The van der Waals surface area contributed by atoms with E-state index < -0.39 is 0 Å².